The number of likely N-dealkylation sites (tertiary alicyclic amines) is 1. The molecule has 1 aliphatic carbocycles. The minimum Gasteiger partial charge on any atom is -0.481 e. The summed E-state index contributed by atoms with van der Waals surface area (Å²) >= 11 is 0. The fourth-order valence-electron chi connectivity index (χ4n) is 3.89. The van der Waals surface area contributed by atoms with Gasteiger partial charge in [0.1, 0.15) is 0 Å². The lowest BCUT2D eigenvalue weighted by Gasteiger charge is -2.42. The van der Waals surface area contributed by atoms with Gasteiger partial charge in [-0.2, -0.15) is 0 Å². The van der Waals surface area contributed by atoms with Gasteiger partial charge in [-0.1, -0.05) is 20.8 Å². The highest BCUT2D eigenvalue weighted by Crippen LogP contribution is 2.41. The molecule has 3 nitrogen and oxygen atoms in total. The highest BCUT2D eigenvalue weighted by atomic mass is 16.4. The number of hydrogen-bond donors (Lipinski definition) is 1. The van der Waals surface area contributed by atoms with Crippen LogP contribution < -0.4 is 0 Å². The van der Waals surface area contributed by atoms with Gasteiger partial charge in [-0.05, 0) is 43.6 Å². The molecule has 1 aliphatic heterocycles. The molecule has 1 saturated carbocycles. The summed E-state index contributed by atoms with van der Waals surface area (Å²) in [5, 5.41) is 9.06. The van der Waals surface area contributed by atoms with Crippen LogP contribution in [0.15, 0.2) is 0 Å². The van der Waals surface area contributed by atoms with Crippen molar-refractivity contribution in [1.82, 2.24) is 4.90 Å². The summed E-state index contributed by atoms with van der Waals surface area (Å²) < 4.78 is 0. The van der Waals surface area contributed by atoms with Crippen LogP contribution in [0.3, 0.4) is 0 Å². The maximum Gasteiger partial charge on any atom is 0.307 e. The predicted molar refractivity (Wildman–Crippen MR) is 67.9 cm³/mol. The van der Waals surface area contributed by atoms with Gasteiger partial charge in [0.2, 0.25) is 0 Å². The van der Waals surface area contributed by atoms with Crippen molar-refractivity contribution < 1.29 is 9.90 Å². The topological polar surface area (TPSA) is 40.5 Å². The molecule has 2 aliphatic rings. The molecule has 0 aromatic heterocycles. The molecule has 98 valence electrons. The number of hydrogen-bond acceptors (Lipinski definition) is 2. The lowest BCUT2D eigenvalue weighted by atomic mass is 9.70. The lowest BCUT2D eigenvalue weighted by molar-refractivity contribution is -0.141. The smallest absolute Gasteiger partial charge is 0.307 e. The number of nitrogens with zero attached hydrogens (tertiary/aromatic N) is 1. The van der Waals surface area contributed by atoms with E-state index in [0.29, 0.717) is 11.5 Å². The van der Waals surface area contributed by atoms with E-state index >= 15 is 0 Å². The number of carbonyl (C=O) groups is 1. The molecule has 0 radical (unpaired) electrons. The maximum absolute atomic E-state index is 11.0. The van der Waals surface area contributed by atoms with E-state index in [0.717, 1.165) is 25.4 Å². The Bertz CT molecular complexity index is 301. The zero-order valence-electron chi connectivity index (χ0n) is 11.3. The van der Waals surface area contributed by atoms with E-state index in [2.05, 4.69) is 25.7 Å². The molecule has 3 atom stereocenters. The largest absolute Gasteiger partial charge is 0.481 e. The van der Waals surface area contributed by atoms with Gasteiger partial charge in [0.05, 0.1) is 5.92 Å². The molecule has 1 heterocycles. The average Bonchev–Trinajstić information content (AvgIpc) is 2.62. The van der Waals surface area contributed by atoms with Crippen molar-refractivity contribution in [2.45, 2.75) is 52.5 Å². The van der Waals surface area contributed by atoms with E-state index in [9.17, 15) is 4.79 Å². The second kappa shape index (κ2) is 4.60. The Hall–Kier alpha value is -0.570. The molecule has 2 rings (SSSR count). The fourth-order valence-corrected chi connectivity index (χ4v) is 3.89. The van der Waals surface area contributed by atoms with Gasteiger partial charge in [0, 0.05) is 12.6 Å². The van der Waals surface area contributed by atoms with E-state index in [1.165, 1.54) is 19.3 Å². The van der Waals surface area contributed by atoms with Gasteiger partial charge >= 0.3 is 5.97 Å². The van der Waals surface area contributed by atoms with Crippen molar-refractivity contribution in [3.05, 3.63) is 0 Å². The first kappa shape index (κ1) is 12.9. The number of aliphatic carboxylic acids is 1. The summed E-state index contributed by atoms with van der Waals surface area (Å²) in [5.74, 6) is 0.0265. The quantitative estimate of drug-likeness (QED) is 0.805. The minimum atomic E-state index is -0.615. The van der Waals surface area contributed by atoms with Gasteiger partial charge in [-0.3, -0.25) is 9.69 Å². The van der Waals surface area contributed by atoms with Crippen LogP contribution in [0.25, 0.3) is 0 Å². The first-order chi connectivity index (χ1) is 7.87. The first-order valence-corrected chi connectivity index (χ1v) is 6.84. The predicted octanol–water partition coefficient (Wildman–Crippen LogP) is 2.61. The van der Waals surface area contributed by atoms with E-state index in [1.54, 1.807) is 0 Å². The summed E-state index contributed by atoms with van der Waals surface area (Å²) in [7, 11) is 0. The molecule has 0 spiro atoms. The van der Waals surface area contributed by atoms with Crippen LogP contribution in [0.1, 0.15) is 46.5 Å². The van der Waals surface area contributed by atoms with Crippen molar-refractivity contribution in [3.63, 3.8) is 0 Å². The Kier molecular flexibility index (Phi) is 3.48. The third kappa shape index (κ3) is 3.01. The zero-order valence-corrected chi connectivity index (χ0v) is 11.3. The van der Waals surface area contributed by atoms with Crippen LogP contribution in [0.5, 0.6) is 0 Å². The van der Waals surface area contributed by atoms with Crippen molar-refractivity contribution in [2.24, 2.45) is 17.3 Å². The number of rotatable bonds is 2. The monoisotopic (exact) mass is 239 g/mol. The van der Waals surface area contributed by atoms with Crippen molar-refractivity contribution in [2.75, 3.05) is 13.1 Å². The van der Waals surface area contributed by atoms with Crippen LogP contribution in [0, 0.1) is 17.3 Å². The number of carboxylic acids is 1. The molecule has 0 amide bonds. The molecule has 1 saturated heterocycles. The summed E-state index contributed by atoms with van der Waals surface area (Å²) in [6.07, 6.45) is 4.61. The molecular weight excluding hydrogens is 214 g/mol. The van der Waals surface area contributed by atoms with E-state index in [-0.39, 0.29) is 5.92 Å². The third-order valence-corrected chi connectivity index (χ3v) is 4.45. The van der Waals surface area contributed by atoms with Crippen molar-refractivity contribution in [3.8, 4) is 0 Å². The van der Waals surface area contributed by atoms with E-state index in [1.807, 2.05) is 0 Å². The van der Waals surface area contributed by atoms with Crippen LogP contribution in [0.4, 0.5) is 0 Å². The summed E-state index contributed by atoms with van der Waals surface area (Å²) in [6.45, 7) is 8.77. The van der Waals surface area contributed by atoms with Crippen LogP contribution in [-0.4, -0.2) is 35.1 Å². The van der Waals surface area contributed by atoms with E-state index < -0.39 is 5.97 Å². The third-order valence-electron chi connectivity index (χ3n) is 4.45. The Morgan fingerprint density at radius 3 is 2.59 bits per heavy atom. The Morgan fingerprint density at radius 1 is 1.35 bits per heavy atom. The highest BCUT2D eigenvalue weighted by Gasteiger charge is 2.38. The van der Waals surface area contributed by atoms with Gasteiger partial charge in [-0.25, -0.2) is 0 Å². The average molecular weight is 239 g/mol. The molecule has 17 heavy (non-hydrogen) atoms. The molecule has 0 unspecified atom stereocenters. The summed E-state index contributed by atoms with van der Waals surface area (Å²) in [6, 6.07) is 0.609. The second-order valence-electron chi connectivity index (χ2n) is 6.89. The molecule has 0 bridgehead atoms. The van der Waals surface area contributed by atoms with E-state index in [4.69, 9.17) is 5.11 Å². The van der Waals surface area contributed by atoms with Crippen LogP contribution in [0.2, 0.25) is 0 Å². The maximum atomic E-state index is 11.0. The Labute approximate surface area is 104 Å². The fraction of sp³-hybridized carbons (Fsp3) is 0.929. The molecule has 0 aromatic carbocycles. The van der Waals surface area contributed by atoms with Gasteiger partial charge in [-0.15, -0.1) is 0 Å². The summed E-state index contributed by atoms with van der Waals surface area (Å²) in [5.41, 5.74) is 0.420. The van der Waals surface area contributed by atoms with Crippen LogP contribution in [-0.2, 0) is 4.79 Å². The van der Waals surface area contributed by atoms with Crippen molar-refractivity contribution >= 4 is 5.97 Å². The Balaban J connectivity index is 1.97. The molecule has 3 heteroatoms. The molecule has 2 fully saturated rings. The normalized spacial score (nSPS) is 38.2. The van der Waals surface area contributed by atoms with Gasteiger partial charge < -0.3 is 5.11 Å². The standard InChI is InChI=1S/C14H25NO2/c1-10-6-12(8-14(2,3)7-10)15-5-4-11(9-15)13(16)17/h10-12H,4-9H2,1-3H3,(H,16,17)/t10-,11+,12-/m1/s1. The van der Waals surface area contributed by atoms with Crippen molar-refractivity contribution in [1.29, 1.82) is 0 Å². The molecule has 1 N–H and O–H groups in total. The first-order valence-electron chi connectivity index (χ1n) is 6.84. The van der Waals surface area contributed by atoms with Gasteiger partial charge in [0.25, 0.3) is 0 Å². The van der Waals surface area contributed by atoms with Crippen LogP contribution >= 0.6 is 0 Å². The molecule has 0 aromatic rings. The minimum absolute atomic E-state index is 0.129. The number of carboxylic acid groups (broad SMARTS) is 1. The highest BCUT2D eigenvalue weighted by molar-refractivity contribution is 5.70. The lowest BCUT2D eigenvalue weighted by Crippen LogP contribution is -2.42. The summed E-state index contributed by atoms with van der Waals surface area (Å²) in [4.78, 5) is 13.4. The van der Waals surface area contributed by atoms with Gasteiger partial charge in [0.15, 0.2) is 0 Å². The zero-order chi connectivity index (χ0) is 12.6. The Morgan fingerprint density at radius 2 is 2.06 bits per heavy atom. The second-order valence-corrected chi connectivity index (χ2v) is 6.89. The molecular formula is C14H25NO2. The SMILES string of the molecule is C[C@@H]1C[C@@H](N2CC[C@H](C(=O)O)C2)CC(C)(C)C1.